The number of rotatable bonds is 11. The Bertz CT molecular complexity index is 359. The predicted molar refractivity (Wildman–Crippen MR) is 91.6 cm³/mol. The molecule has 0 nitrogen and oxygen atoms in total. The fourth-order valence-electron chi connectivity index (χ4n) is 3.20. The number of benzene rings is 1. The van der Waals surface area contributed by atoms with Crippen molar-refractivity contribution in [2.45, 2.75) is 65.4 Å². The first kappa shape index (κ1) is 18.9. The third-order valence-corrected chi connectivity index (χ3v) is 19.9. The third-order valence-electron chi connectivity index (χ3n) is 4.44. The Kier molecular flexibility index (Phi) is 9.53. The molecule has 0 aliphatic heterocycles. The fourth-order valence-corrected chi connectivity index (χ4v) is 18.9. The molecule has 0 radical (unpaired) electrons. The van der Waals surface area contributed by atoms with Crippen LogP contribution in [-0.4, -0.2) is 31.2 Å². The first-order chi connectivity index (χ1) is 10.2. The summed E-state index contributed by atoms with van der Waals surface area (Å²) >= 11 is -2.74. The topological polar surface area (TPSA) is 0 Å². The molecule has 0 spiro atoms. The van der Waals surface area contributed by atoms with E-state index in [1.165, 1.54) is 25.3 Å². The van der Waals surface area contributed by atoms with Crippen LogP contribution < -0.4 is 3.58 Å². The average molecular weight is 403 g/mol. The molecular weight excluding hydrogens is 373 g/mol. The summed E-state index contributed by atoms with van der Waals surface area (Å²) in [6, 6.07) is 10.6. The second-order valence-corrected chi connectivity index (χ2v) is 19.1. The number of hydrogen-bond acceptors (Lipinski definition) is 0. The van der Waals surface area contributed by atoms with Gasteiger partial charge in [0.15, 0.2) is 0 Å². The molecule has 0 bridgehead atoms. The quantitative estimate of drug-likeness (QED) is 0.420. The molecule has 0 aromatic heterocycles. The zero-order valence-corrected chi connectivity index (χ0v) is 16.4. The van der Waals surface area contributed by atoms with Crippen LogP contribution in [0.4, 0.5) is 8.78 Å². The fraction of sp³-hybridized carbons (Fsp3) is 0.667. The molecule has 0 fully saturated rings. The van der Waals surface area contributed by atoms with Crippen molar-refractivity contribution < 1.29 is 8.78 Å². The summed E-state index contributed by atoms with van der Waals surface area (Å²) < 4.78 is 31.3. The summed E-state index contributed by atoms with van der Waals surface area (Å²) in [6.45, 7) is 3.88. The second-order valence-electron chi connectivity index (χ2n) is 6.13. The van der Waals surface area contributed by atoms with Crippen LogP contribution in [0.1, 0.15) is 46.0 Å². The number of unbranched alkanes of at least 4 members (excludes halogenated alkanes) is 2. The van der Waals surface area contributed by atoms with E-state index in [0.29, 0.717) is 4.44 Å². The van der Waals surface area contributed by atoms with Crippen molar-refractivity contribution in [3.8, 4) is 0 Å². The van der Waals surface area contributed by atoms with Gasteiger partial charge >= 0.3 is 133 Å². The Morgan fingerprint density at radius 3 is 2.05 bits per heavy atom. The summed E-state index contributed by atoms with van der Waals surface area (Å²) in [5, 5.41) is 0. The molecule has 1 unspecified atom stereocenters. The molecule has 21 heavy (non-hydrogen) atoms. The van der Waals surface area contributed by atoms with E-state index in [0.717, 1.165) is 12.8 Å². The third kappa shape index (κ3) is 6.25. The van der Waals surface area contributed by atoms with E-state index in [4.69, 9.17) is 0 Å². The Labute approximate surface area is 133 Å². The molecule has 0 aliphatic rings. The summed E-state index contributed by atoms with van der Waals surface area (Å²) in [7, 11) is 0. The van der Waals surface area contributed by atoms with Gasteiger partial charge in [0.2, 0.25) is 0 Å². The van der Waals surface area contributed by atoms with Crippen LogP contribution in [0.5, 0.6) is 0 Å². The molecule has 0 amide bonds. The van der Waals surface area contributed by atoms with Crippen molar-refractivity contribution in [1.29, 1.82) is 0 Å². The molecule has 120 valence electrons. The molecule has 0 aliphatic carbocycles. The zero-order valence-electron chi connectivity index (χ0n) is 13.6. The molecule has 1 rings (SSSR count). The van der Waals surface area contributed by atoms with Crippen LogP contribution in [0, 0.1) is 0 Å². The van der Waals surface area contributed by atoms with Crippen molar-refractivity contribution in [2.24, 2.45) is 0 Å². The summed E-state index contributed by atoms with van der Waals surface area (Å²) in [5.41, 5.74) is 0. The molecule has 0 saturated carbocycles. The van der Waals surface area contributed by atoms with Crippen molar-refractivity contribution in [3.05, 3.63) is 30.3 Å². The van der Waals surface area contributed by atoms with Gasteiger partial charge in [-0.2, -0.15) is 0 Å². The van der Waals surface area contributed by atoms with Crippen LogP contribution in [0.25, 0.3) is 0 Å². The summed E-state index contributed by atoms with van der Waals surface area (Å²) in [5.74, 6) is 0. The van der Waals surface area contributed by atoms with Gasteiger partial charge in [0.05, 0.1) is 0 Å². The van der Waals surface area contributed by atoms with Gasteiger partial charge in [-0.1, -0.05) is 0 Å². The SMILES string of the molecule is CCC[CH2][Sn]([CH2]CCC)([CH2]C(F)CCF)[c]1ccccc1. The molecular formula is C18H30F2Sn. The summed E-state index contributed by atoms with van der Waals surface area (Å²) in [4.78, 5) is 0. The van der Waals surface area contributed by atoms with Gasteiger partial charge in [-0.3, -0.25) is 0 Å². The van der Waals surface area contributed by atoms with Crippen LogP contribution in [0.3, 0.4) is 0 Å². The number of hydrogen-bond donors (Lipinski definition) is 0. The van der Waals surface area contributed by atoms with Gasteiger partial charge in [0.25, 0.3) is 0 Å². The second kappa shape index (κ2) is 10.6. The number of halogens is 2. The van der Waals surface area contributed by atoms with Crippen molar-refractivity contribution >= 4 is 22.0 Å². The monoisotopic (exact) mass is 404 g/mol. The van der Waals surface area contributed by atoms with Crippen molar-refractivity contribution in [3.63, 3.8) is 0 Å². The summed E-state index contributed by atoms with van der Waals surface area (Å²) in [6.07, 6.45) is 3.85. The Hall–Kier alpha value is -0.121. The van der Waals surface area contributed by atoms with Crippen LogP contribution in [0.2, 0.25) is 13.3 Å². The first-order valence-corrected chi connectivity index (χ1v) is 15.9. The molecule has 3 heteroatoms. The van der Waals surface area contributed by atoms with E-state index in [1.54, 1.807) is 0 Å². The average Bonchev–Trinajstić information content (AvgIpc) is 2.51. The van der Waals surface area contributed by atoms with E-state index >= 15 is 0 Å². The van der Waals surface area contributed by atoms with Gasteiger partial charge in [-0.15, -0.1) is 0 Å². The molecule has 1 aromatic rings. The Morgan fingerprint density at radius 2 is 1.57 bits per heavy atom. The van der Waals surface area contributed by atoms with Crippen LogP contribution in [-0.2, 0) is 0 Å². The van der Waals surface area contributed by atoms with Gasteiger partial charge < -0.3 is 0 Å². The normalized spacial score (nSPS) is 13.3. The zero-order chi connectivity index (χ0) is 15.6. The van der Waals surface area contributed by atoms with E-state index in [1.807, 2.05) is 6.07 Å². The number of alkyl halides is 2. The maximum absolute atomic E-state index is 14.3. The Balaban J connectivity index is 3.01. The molecule has 1 atom stereocenters. The first-order valence-electron chi connectivity index (χ1n) is 8.44. The van der Waals surface area contributed by atoms with Gasteiger partial charge in [0, 0.05) is 0 Å². The van der Waals surface area contributed by atoms with E-state index in [9.17, 15) is 8.78 Å². The minimum atomic E-state index is -2.74. The molecule has 0 saturated heterocycles. The molecule has 1 aromatic carbocycles. The minimum absolute atomic E-state index is 0.0871. The maximum atomic E-state index is 14.3. The van der Waals surface area contributed by atoms with E-state index < -0.39 is 31.2 Å². The standard InChI is InChI=1S/C6H5.C4H7F2.2C4H9.Sn/c1-2-4-6-5-3-1;1-4(6)2-3-5;2*1-3-4-2;/h1-5H;4H,1-3H2;2*1,3-4H2,2H3;. The molecule has 0 heterocycles. The van der Waals surface area contributed by atoms with E-state index in [-0.39, 0.29) is 6.42 Å². The van der Waals surface area contributed by atoms with E-state index in [2.05, 4.69) is 38.1 Å². The predicted octanol–water partition coefficient (Wildman–Crippen LogP) is 5.64. The molecule has 0 N–H and O–H groups in total. The van der Waals surface area contributed by atoms with Crippen molar-refractivity contribution in [2.75, 3.05) is 6.67 Å². The van der Waals surface area contributed by atoms with Gasteiger partial charge in [-0.25, -0.2) is 0 Å². The van der Waals surface area contributed by atoms with Gasteiger partial charge in [0.1, 0.15) is 0 Å². The van der Waals surface area contributed by atoms with Gasteiger partial charge in [-0.05, 0) is 0 Å². The van der Waals surface area contributed by atoms with Crippen molar-refractivity contribution in [1.82, 2.24) is 0 Å². The van der Waals surface area contributed by atoms with Crippen LogP contribution >= 0.6 is 0 Å². The van der Waals surface area contributed by atoms with Crippen LogP contribution in [0.15, 0.2) is 30.3 Å². The Morgan fingerprint density at radius 1 is 1.00 bits per heavy atom.